The molecule has 1 spiro atoms. The summed E-state index contributed by atoms with van der Waals surface area (Å²) in [5.41, 5.74) is 1.28. The highest BCUT2D eigenvalue weighted by molar-refractivity contribution is 5.98. The van der Waals surface area contributed by atoms with Crippen LogP contribution >= 0.6 is 0 Å². The third kappa shape index (κ3) is 3.19. The van der Waals surface area contributed by atoms with E-state index in [1.807, 2.05) is 0 Å². The van der Waals surface area contributed by atoms with E-state index in [4.69, 9.17) is 0 Å². The van der Waals surface area contributed by atoms with Gasteiger partial charge in [-0.2, -0.15) is 0 Å². The molecule has 0 unspecified atom stereocenters. The summed E-state index contributed by atoms with van der Waals surface area (Å²) in [6, 6.07) is 0. The third-order valence-electron chi connectivity index (χ3n) is 4.02. The molecule has 100 valence electrons. The summed E-state index contributed by atoms with van der Waals surface area (Å²) in [5, 5.41) is 2.40. The summed E-state index contributed by atoms with van der Waals surface area (Å²) in [4.78, 5) is 25.4. The predicted octanol–water partition coefficient (Wildman–Crippen LogP) is 1.47. The largest absolute Gasteiger partial charge is 0.300 e. The zero-order valence-electron chi connectivity index (χ0n) is 11.3. The second-order valence-corrected chi connectivity index (χ2v) is 5.91. The molecule has 2 amide bonds. The number of allylic oxidation sites excluding steroid dienone is 1. The van der Waals surface area contributed by atoms with Crippen LogP contribution in [0.2, 0.25) is 0 Å². The minimum Gasteiger partial charge on any atom is -0.300 e. The van der Waals surface area contributed by atoms with E-state index >= 15 is 0 Å². The van der Waals surface area contributed by atoms with Gasteiger partial charge in [-0.3, -0.25) is 19.8 Å². The number of likely N-dealkylation sites (tertiary alicyclic amines) is 1. The van der Waals surface area contributed by atoms with Gasteiger partial charge in [-0.15, -0.1) is 0 Å². The van der Waals surface area contributed by atoms with Crippen molar-refractivity contribution in [3.63, 3.8) is 0 Å². The minimum absolute atomic E-state index is 0.0547. The Balaban J connectivity index is 1.91. The number of hydrogen-bond acceptors (Lipinski definition) is 3. The number of rotatable bonds is 2. The molecule has 2 aliphatic rings. The monoisotopic (exact) mass is 250 g/mol. The number of imide groups is 1. The molecule has 0 aliphatic carbocycles. The standard InChI is InChI=1S/C14H22N2O2/c1-11(2)3-6-16-7-4-14(5-8-16)9-12(17)15-13(18)10-14/h3H,4-10H2,1-2H3,(H,15,17,18). The van der Waals surface area contributed by atoms with Gasteiger partial charge in [0.1, 0.15) is 0 Å². The second kappa shape index (κ2) is 5.22. The predicted molar refractivity (Wildman–Crippen MR) is 69.9 cm³/mol. The van der Waals surface area contributed by atoms with Gasteiger partial charge < -0.3 is 0 Å². The summed E-state index contributed by atoms with van der Waals surface area (Å²) in [6.45, 7) is 7.18. The molecular weight excluding hydrogens is 228 g/mol. The molecule has 1 N–H and O–H groups in total. The molecule has 0 saturated carbocycles. The van der Waals surface area contributed by atoms with E-state index in [2.05, 4.69) is 30.1 Å². The lowest BCUT2D eigenvalue weighted by Crippen LogP contribution is -2.49. The van der Waals surface area contributed by atoms with Crippen molar-refractivity contribution in [3.05, 3.63) is 11.6 Å². The molecule has 2 fully saturated rings. The number of carbonyl (C=O) groups is 2. The Kier molecular flexibility index (Phi) is 3.85. The number of amides is 2. The number of nitrogens with one attached hydrogen (secondary N) is 1. The maximum Gasteiger partial charge on any atom is 0.227 e. The van der Waals surface area contributed by atoms with Gasteiger partial charge in [0.15, 0.2) is 0 Å². The first kappa shape index (κ1) is 13.3. The lowest BCUT2D eigenvalue weighted by atomic mass is 9.71. The van der Waals surface area contributed by atoms with Crippen molar-refractivity contribution in [3.8, 4) is 0 Å². The molecule has 2 aliphatic heterocycles. The smallest absolute Gasteiger partial charge is 0.227 e. The molecule has 0 radical (unpaired) electrons. The summed E-state index contributed by atoms with van der Waals surface area (Å²) in [5.74, 6) is -0.187. The summed E-state index contributed by atoms with van der Waals surface area (Å²) < 4.78 is 0. The van der Waals surface area contributed by atoms with Gasteiger partial charge in [0.25, 0.3) is 0 Å². The van der Waals surface area contributed by atoms with Gasteiger partial charge in [0.2, 0.25) is 11.8 Å². The highest BCUT2D eigenvalue weighted by Gasteiger charge is 2.41. The number of piperidine rings is 2. The maximum absolute atomic E-state index is 11.5. The Hall–Kier alpha value is -1.16. The van der Waals surface area contributed by atoms with Crippen LogP contribution < -0.4 is 5.32 Å². The fraction of sp³-hybridized carbons (Fsp3) is 0.714. The van der Waals surface area contributed by atoms with Gasteiger partial charge in [-0.05, 0) is 45.2 Å². The molecule has 2 heterocycles. The Labute approximate surface area is 108 Å². The Morgan fingerprint density at radius 3 is 2.28 bits per heavy atom. The topological polar surface area (TPSA) is 49.4 Å². The van der Waals surface area contributed by atoms with E-state index in [0.717, 1.165) is 32.5 Å². The number of nitrogens with zero attached hydrogens (tertiary/aromatic N) is 1. The molecule has 2 rings (SSSR count). The van der Waals surface area contributed by atoms with Crippen molar-refractivity contribution >= 4 is 11.8 Å². The van der Waals surface area contributed by atoms with E-state index in [1.165, 1.54) is 5.57 Å². The van der Waals surface area contributed by atoms with Crippen LogP contribution in [0.15, 0.2) is 11.6 Å². The van der Waals surface area contributed by atoms with Crippen molar-refractivity contribution in [1.82, 2.24) is 10.2 Å². The second-order valence-electron chi connectivity index (χ2n) is 5.91. The van der Waals surface area contributed by atoms with Crippen molar-refractivity contribution < 1.29 is 9.59 Å². The lowest BCUT2D eigenvalue weighted by molar-refractivity contribution is -0.139. The molecule has 4 heteroatoms. The van der Waals surface area contributed by atoms with Gasteiger partial charge in [0, 0.05) is 19.4 Å². The Morgan fingerprint density at radius 1 is 1.22 bits per heavy atom. The Morgan fingerprint density at radius 2 is 1.78 bits per heavy atom. The molecule has 0 atom stereocenters. The average molecular weight is 250 g/mol. The molecule has 4 nitrogen and oxygen atoms in total. The number of hydrogen-bond donors (Lipinski definition) is 1. The maximum atomic E-state index is 11.5. The molecule has 0 aromatic carbocycles. The van der Waals surface area contributed by atoms with E-state index < -0.39 is 0 Å². The van der Waals surface area contributed by atoms with Crippen LogP contribution in [0, 0.1) is 5.41 Å². The Bertz CT molecular complexity index is 357. The van der Waals surface area contributed by atoms with Crippen molar-refractivity contribution in [2.24, 2.45) is 5.41 Å². The molecule has 2 saturated heterocycles. The molecule has 0 aromatic heterocycles. The van der Waals surface area contributed by atoms with Crippen molar-refractivity contribution in [2.75, 3.05) is 19.6 Å². The van der Waals surface area contributed by atoms with Gasteiger partial charge in [0.05, 0.1) is 0 Å². The fourth-order valence-electron chi connectivity index (χ4n) is 2.86. The minimum atomic E-state index is -0.0935. The normalized spacial score (nSPS) is 23.9. The van der Waals surface area contributed by atoms with E-state index in [0.29, 0.717) is 12.8 Å². The lowest BCUT2D eigenvalue weighted by Gasteiger charge is -2.42. The quantitative estimate of drug-likeness (QED) is 0.596. The SMILES string of the molecule is CC(C)=CCN1CCC2(CC1)CC(=O)NC(=O)C2. The molecule has 18 heavy (non-hydrogen) atoms. The van der Waals surface area contributed by atoms with E-state index in [1.54, 1.807) is 0 Å². The first-order valence-electron chi connectivity index (χ1n) is 6.68. The van der Waals surface area contributed by atoms with E-state index in [9.17, 15) is 9.59 Å². The molecule has 0 bridgehead atoms. The van der Waals surface area contributed by atoms with E-state index in [-0.39, 0.29) is 17.2 Å². The zero-order chi connectivity index (χ0) is 13.2. The van der Waals surface area contributed by atoms with Crippen LogP contribution in [0.3, 0.4) is 0 Å². The zero-order valence-corrected chi connectivity index (χ0v) is 11.3. The first-order valence-corrected chi connectivity index (χ1v) is 6.68. The van der Waals surface area contributed by atoms with Crippen LogP contribution in [0.4, 0.5) is 0 Å². The third-order valence-corrected chi connectivity index (χ3v) is 4.02. The summed E-state index contributed by atoms with van der Waals surface area (Å²) >= 11 is 0. The summed E-state index contributed by atoms with van der Waals surface area (Å²) in [6.07, 6.45) is 5.20. The van der Waals surface area contributed by atoms with Gasteiger partial charge >= 0.3 is 0 Å². The van der Waals surface area contributed by atoms with Gasteiger partial charge in [-0.1, -0.05) is 11.6 Å². The number of carbonyl (C=O) groups excluding carboxylic acids is 2. The van der Waals surface area contributed by atoms with Crippen LogP contribution in [-0.4, -0.2) is 36.3 Å². The van der Waals surface area contributed by atoms with Crippen molar-refractivity contribution in [1.29, 1.82) is 0 Å². The molecule has 0 aromatic rings. The van der Waals surface area contributed by atoms with Gasteiger partial charge in [-0.25, -0.2) is 0 Å². The highest BCUT2D eigenvalue weighted by atomic mass is 16.2. The highest BCUT2D eigenvalue weighted by Crippen LogP contribution is 2.40. The van der Waals surface area contributed by atoms with Crippen molar-refractivity contribution in [2.45, 2.75) is 39.5 Å². The molecular formula is C14H22N2O2. The van der Waals surface area contributed by atoms with Crippen LogP contribution in [0.25, 0.3) is 0 Å². The average Bonchev–Trinajstić information content (AvgIpc) is 2.26. The van der Waals surface area contributed by atoms with Crippen LogP contribution in [0.1, 0.15) is 39.5 Å². The fourth-order valence-corrected chi connectivity index (χ4v) is 2.86. The first-order chi connectivity index (χ1) is 8.49. The van der Waals surface area contributed by atoms with Crippen LogP contribution in [-0.2, 0) is 9.59 Å². The van der Waals surface area contributed by atoms with Crippen LogP contribution in [0.5, 0.6) is 0 Å². The summed E-state index contributed by atoms with van der Waals surface area (Å²) in [7, 11) is 0.